The highest BCUT2D eigenvalue weighted by atomic mass is 16.5. The molecule has 98 valence electrons. The second-order valence-corrected chi connectivity index (χ2v) is 5.98. The summed E-state index contributed by atoms with van der Waals surface area (Å²) in [6.07, 6.45) is 7.84. The maximum absolute atomic E-state index is 5.58. The molecular weight excluding hydrogens is 222 g/mol. The van der Waals surface area contributed by atoms with Gasteiger partial charge in [0, 0.05) is 19.3 Å². The first-order chi connectivity index (χ1) is 8.49. The number of methoxy groups -OCH3 is 1. The molecule has 1 fully saturated rings. The largest absolute Gasteiger partial charge is 0.379 e. The maximum Gasteiger partial charge on any atom is 0.0919 e. The van der Waals surface area contributed by atoms with Gasteiger partial charge in [-0.15, -0.1) is 6.42 Å². The van der Waals surface area contributed by atoms with Crippen molar-refractivity contribution in [1.82, 2.24) is 4.57 Å². The van der Waals surface area contributed by atoms with E-state index in [2.05, 4.69) is 43.4 Å². The summed E-state index contributed by atoms with van der Waals surface area (Å²) in [4.78, 5) is 0. The monoisotopic (exact) mass is 245 g/mol. The van der Waals surface area contributed by atoms with E-state index in [1.165, 1.54) is 5.69 Å². The number of hydrogen-bond acceptors (Lipinski definition) is 1. The molecule has 0 radical (unpaired) electrons. The lowest BCUT2D eigenvalue weighted by Gasteiger charge is -2.44. The first-order valence-electron chi connectivity index (χ1n) is 6.70. The summed E-state index contributed by atoms with van der Waals surface area (Å²) in [5, 5.41) is 0. The third kappa shape index (κ3) is 2.33. The fourth-order valence-electron chi connectivity index (χ4n) is 3.03. The summed E-state index contributed by atoms with van der Waals surface area (Å²) in [7, 11) is 1.80. The van der Waals surface area contributed by atoms with Gasteiger partial charge in [-0.2, -0.15) is 0 Å². The molecule has 2 rings (SSSR count). The molecule has 1 heterocycles. The van der Waals surface area contributed by atoms with E-state index >= 15 is 0 Å². The second kappa shape index (κ2) is 4.82. The molecule has 18 heavy (non-hydrogen) atoms. The lowest BCUT2D eigenvalue weighted by atomic mass is 9.72. The standard InChI is InChI=1S/C16H23NO/c1-6-14-7-8-15(12(2)3)17(14)11-13-9-16(4,10-13)18-5/h1,7-8,12-13H,9-11H2,2-5H3. The minimum atomic E-state index is 0.0894. The van der Waals surface area contributed by atoms with Gasteiger partial charge >= 0.3 is 0 Å². The topological polar surface area (TPSA) is 14.2 Å². The molecule has 0 aromatic carbocycles. The fourth-order valence-corrected chi connectivity index (χ4v) is 3.03. The van der Waals surface area contributed by atoms with Gasteiger partial charge in [-0.25, -0.2) is 0 Å². The molecule has 0 bridgehead atoms. The van der Waals surface area contributed by atoms with Gasteiger partial charge in [0.15, 0.2) is 0 Å². The van der Waals surface area contributed by atoms with Crippen LogP contribution in [0.4, 0.5) is 0 Å². The Kier molecular flexibility index (Phi) is 3.54. The van der Waals surface area contributed by atoms with E-state index in [1.807, 2.05) is 0 Å². The van der Waals surface area contributed by atoms with Gasteiger partial charge in [-0.1, -0.05) is 19.8 Å². The summed E-state index contributed by atoms with van der Waals surface area (Å²) >= 11 is 0. The van der Waals surface area contributed by atoms with E-state index in [9.17, 15) is 0 Å². The number of hydrogen-bond donors (Lipinski definition) is 0. The molecule has 1 saturated carbocycles. The number of ether oxygens (including phenoxy) is 1. The molecule has 0 atom stereocenters. The van der Waals surface area contributed by atoms with Crippen molar-refractivity contribution in [3.8, 4) is 12.3 Å². The van der Waals surface area contributed by atoms with Crippen LogP contribution in [0.25, 0.3) is 0 Å². The molecular formula is C16H23NO. The van der Waals surface area contributed by atoms with Gasteiger partial charge < -0.3 is 9.30 Å². The molecule has 0 amide bonds. The van der Waals surface area contributed by atoms with E-state index in [4.69, 9.17) is 11.2 Å². The van der Waals surface area contributed by atoms with Crippen molar-refractivity contribution in [2.45, 2.75) is 51.7 Å². The summed E-state index contributed by atoms with van der Waals surface area (Å²) in [6.45, 7) is 7.64. The Bertz CT molecular complexity index is 458. The Morgan fingerprint density at radius 2 is 2.17 bits per heavy atom. The Balaban J connectivity index is 2.10. The second-order valence-electron chi connectivity index (χ2n) is 5.98. The molecule has 2 nitrogen and oxygen atoms in total. The minimum absolute atomic E-state index is 0.0894. The van der Waals surface area contributed by atoms with E-state index in [0.717, 1.165) is 25.1 Å². The van der Waals surface area contributed by atoms with E-state index in [-0.39, 0.29) is 5.60 Å². The van der Waals surface area contributed by atoms with Gasteiger partial charge in [0.05, 0.1) is 11.3 Å². The zero-order valence-corrected chi connectivity index (χ0v) is 11.9. The SMILES string of the molecule is C#Cc1ccc(C(C)C)n1CC1CC(C)(OC)C1. The quantitative estimate of drug-likeness (QED) is 0.741. The predicted molar refractivity (Wildman–Crippen MR) is 74.6 cm³/mol. The van der Waals surface area contributed by atoms with Gasteiger partial charge in [0.1, 0.15) is 0 Å². The Hall–Kier alpha value is -1.20. The van der Waals surface area contributed by atoms with E-state index < -0.39 is 0 Å². The van der Waals surface area contributed by atoms with Crippen LogP contribution in [0.5, 0.6) is 0 Å². The molecule has 1 aromatic rings. The van der Waals surface area contributed by atoms with Gasteiger partial charge in [-0.05, 0) is 43.7 Å². The van der Waals surface area contributed by atoms with Crippen LogP contribution >= 0.6 is 0 Å². The molecule has 1 aliphatic rings. The van der Waals surface area contributed by atoms with Gasteiger partial charge in [0.2, 0.25) is 0 Å². The normalized spacial score (nSPS) is 27.0. The summed E-state index contributed by atoms with van der Waals surface area (Å²) in [5.41, 5.74) is 2.44. The number of aromatic nitrogens is 1. The first-order valence-corrected chi connectivity index (χ1v) is 6.70. The number of rotatable bonds is 4. The van der Waals surface area contributed by atoms with Crippen molar-refractivity contribution in [3.63, 3.8) is 0 Å². The first kappa shape index (κ1) is 13.2. The highest BCUT2D eigenvalue weighted by molar-refractivity contribution is 5.31. The predicted octanol–water partition coefficient (Wildman–Crippen LogP) is 3.41. The van der Waals surface area contributed by atoms with Crippen molar-refractivity contribution in [3.05, 3.63) is 23.5 Å². The summed E-state index contributed by atoms with van der Waals surface area (Å²) in [6, 6.07) is 4.22. The van der Waals surface area contributed by atoms with Crippen LogP contribution in [-0.2, 0) is 11.3 Å². The Morgan fingerprint density at radius 1 is 1.50 bits per heavy atom. The zero-order chi connectivity index (χ0) is 13.3. The lowest BCUT2D eigenvalue weighted by Crippen LogP contribution is -2.44. The Labute approximate surface area is 110 Å². The fraction of sp³-hybridized carbons (Fsp3) is 0.625. The molecule has 0 saturated heterocycles. The van der Waals surface area contributed by atoms with Crippen LogP contribution < -0.4 is 0 Å². The van der Waals surface area contributed by atoms with Crippen molar-refractivity contribution >= 4 is 0 Å². The van der Waals surface area contributed by atoms with Crippen LogP contribution in [0, 0.1) is 18.3 Å². The van der Waals surface area contributed by atoms with Crippen LogP contribution in [0.1, 0.15) is 50.9 Å². The average Bonchev–Trinajstić information content (AvgIpc) is 2.69. The van der Waals surface area contributed by atoms with E-state index in [1.54, 1.807) is 7.11 Å². The Morgan fingerprint density at radius 3 is 2.67 bits per heavy atom. The number of terminal acetylenes is 1. The van der Waals surface area contributed by atoms with Crippen LogP contribution in [0.15, 0.2) is 12.1 Å². The maximum atomic E-state index is 5.58. The van der Waals surface area contributed by atoms with Crippen LogP contribution in [0.2, 0.25) is 0 Å². The zero-order valence-electron chi connectivity index (χ0n) is 11.9. The van der Waals surface area contributed by atoms with Crippen molar-refractivity contribution in [2.24, 2.45) is 5.92 Å². The molecule has 2 heteroatoms. The van der Waals surface area contributed by atoms with Crippen LogP contribution in [-0.4, -0.2) is 17.3 Å². The third-order valence-electron chi connectivity index (χ3n) is 4.13. The molecule has 1 aromatic heterocycles. The summed E-state index contributed by atoms with van der Waals surface area (Å²) < 4.78 is 7.82. The van der Waals surface area contributed by atoms with E-state index in [0.29, 0.717) is 11.8 Å². The summed E-state index contributed by atoms with van der Waals surface area (Å²) in [5.74, 6) is 3.99. The lowest BCUT2D eigenvalue weighted by molar-refractivity contribution is -0.0941. The highest BCUT2D eigenvalue weighted by Crippen LogP contribution is 2.41. The molecule has 0 aliphatic heterocycles. The van der Waals surface area contributed by atoms with Gasteiger partial charge in [-0.3, -0.25) is 0 Å². The van der Waals surface area contributed by atoms with Crippen molar-refractivity contribution < 1.29 is 4.74 Å². The van der Waals surface area contributed by atoms with Crippen LogP contribution in [0.3, 0.4) is 0 Å². The smallest absolute Gasteiger partial charge is 0.0919 e. The average molecular weight is 245 g/mol. The molecule has 0 unspecified atom stereocenters. The highest BCUT2D eigenvalue weighted by Gasteiger charge is 2.40. The third-order valence-corrected chi connectivity index (χ3v) is 4.13. The van der Waals surface area contributed by atoms with Crippen molar-refractivity contribution in [2.75, 3.05) is 7.11 Å². The van der Waals surface area contributed by atoms with Crippen molar-refractivity contribution in [1.29, 1.82) is 0 Å². The molecule has 1 aliphatic carbocycles. The van der Waals surface area contributed by atoms with Gasteiger partial charge in [0.25, 0.3) is 0 Å². The minimum Gasteiger partial charge on any atom is -0.379 e. The molecule has 0 spiro atoms. The number of nitrogens with zero attached hydrogens (tertiary/aromatic N) is 1. The molecule has 0 N–H and O–H groups in total.